The maximum absolute atomic E-state index is 13.8. The standard InChI is InChI=1S/C20H23F2N3O2.HI/c1-12-4-5-14(8-18(12)22)13(2)25-20(23-3)24-9-15-6-17(21)7-16-10-26-11-27-19(15)16;/h4-8,13H,9-11H2,1-3H3,(H2,23,24,25);1H. The molecule has 152 valence electrons. The first-order valence-electron chi connectivity index (χ1n) is 8.73. The molecule has 0 bridgehead atoms. The van der Waals surface area contributed by atoms with Gasteiger partial charge in [0.2, 0.25) is 0 Å². The lowest BCUT2D eigenvalue weighted by Gasteiger charge is -2.22. The molecule has 0 aromatic heterocycles. The molecule has 0 fully saturated rings. The molecule has 2 aromatic carbocycles. The van der Waals surface area contributed by atoms with Gasteiger partial charge in [-0.2, -0.15) is 0 Å². The molecule has 2 aromatic rings. The van der Waals surface area contributed by atoms with Crippen LogP contribution in [0.25, 0.3) is 0 Å². The number of hydrogen-bond donors (Lipinski definition) is 2. The maximum Gasteiger partial charge on any atom is 0.191 e. The minimum Gasteiger partial charge on any atom is -0.467 e. The Labute approximate surface area is 180 Å². The first-order chi connectivity index (χ1) is 13.0. The van der Waals surface area contributed by atoms with Gasteiger partial charge in [-0.3, -0.25) is 4.99 Å². The highest BCUT2D eigenvalue weighted by atomic mass is 127. The normalized spacial score (nSPS) is 14.4. The van der Waals surface area contributed by atoms with Crippen molar-refractivity contribution in [3.05, 3.63) is 64.2 Å². The van der Waals surface area contributed by atoms with Gasteiger partial charge in [-0.1, -0.05) is 12.1 Å². The Kier molecular flexibility index (Phi) is 7.99. The van der Waals surface area contributed by atoms with E-state index < -0.39 is 0 Å². The zero-order valence-corrected chi connectivity index (χ0v) is 18.3. The van der Waals surface area contributed by atoms with Crippen molar-refractivity contribution in [2.24, 2.45) is 4.99 Å². The predicted molar refractivity (Wildman–Crippen MR) is 115 cm³/mol. The third kappa shape index (κ3) is 5.32. The molecule has 1 heterocycles. The van der Waals surface area contributed by atoms with Gasteiger partial charge in [-0.15, -0.1) is 24.0 Å². The Morgan fingerprint density at radius 3 is 2.75 bits per heavy atom. The Bertz CT molecular complexity index is 862. The van der Waals surface area contributed by atoms with Gasteiger partial charge in [-0.25, -0.2) is 8.78 Å². The van der Waals surface area contributed by atoms with E-state index in [1.165, 1.54) is 18.2 Å². The molecule has 0 radical (unpaired) electrons. The van der Waals surface area contributed by atoms with E-state index in [2.05, 4.69) is 15.6 Å². The summed E-state index contributed by atoms with van der Waals surface area (Å²) in [7, 11) is 1.64. The van der Waals surface area contributed by atoms with Crippen molar-refractivity contribution >= 4 is 29.9 Å². The van der Waals surface area contributed by atoms with Gasteiger partial charge in [0.05, 0.1) is 12.6 Å². The summed E-state index contributed by atoms with van der Waals surface area (Å²) in [5.41, 5.74) is 2.78. The van der Waals surface area contributed by atoms with Crippen molar-refractivity contribution in [2.75, 3.05) is 13.8 Å². The molecule has 1 unspecified atom stereocenters. The van der Waals surface area contributed by atoms with Gasteiger partial charge in [0, 0.05) is 24.7 Å². The first-order valence-corrected chi connectivity index (χ1v) is 8.73. The van der Waals surface area contributed by atoms with E-state index in [0.29, 0.717) is 41.6 Å². The topological polar surface area (TPSA) is 54.9 Å². The van der Waals surface area contributed by atoms with Crippen LogP contribution in [-0.2, 0) is 17.9 Å². The third-order valence-electron chi connectivity index (χ3n) is 4.47. The van der Waals surface area contributed by atoms with Crippen LogP contribution in [0.15, 0.2) is 35.3 Å². The largest absolute Gasteiger partial charge is 0.467 e. The number of benzene rings is 2. The molecular weight excluding hydrogens is 479 g/mol. The number of hydrogen-bond acceptors (Lipinski definition) is 3. The highest BCUT2D eigenvalue weighted by molar-refractivity contribution is 14.0. The quantitative estimate of drug-likeness (QED) is 0.374. The van der Waals surface area contributed by atoms with Crippen molar-refractivity contribution in [2.45, 2.75) is 33.0 Å². The van der Waals surface area contributed by atoms with Crippen LogP contribution in [0.1, 0.15) is 35.2 Å². The molecule has 0 spiro atoms. The molecule has 1 aliphatic heterocycles. The second kappa shape index (κ2) is 10.0. The van der Waals surface area contributed by atoms with Crippen molar-refractivity contribution in [1.82, 2.24) is 10.6 Å². The lowest BCUT2D eigenvalue weighted by molar-refractivity contribution is -0.0172. The van der Waals surface area contributed by atoms with Crippen LogP contribution in [0.4, 0.5) is 8.78 Å². The predicted octanol–water partition coefficient (Wildman–Crippen LogP) is 4.18. The number of nitrogens with one attached hydrogen (secondary N) is 2. The molecule has 1 aliphatic rings. The third-order valence-corrected chi connectivity index (χ3v) is 4.47. The van der Waals surface area contributed by atoms with E-state index in [0.717, 1.165) is 5.56 Å². The average Bonchev–Trinajstić information content (AvgIpc) is 2.66. The Balaban J connectivity index is 0.00000280. The Hall–Kier alpha value is -1.94. The molecule has 0 aliphatic carbocycles. The zero-order valence-electron chi connectivity index (χ0n) is 16.0. The van der Waals surface area contributed by atoms with Crippen LogP contribution in [0.3, 0.4) is 0 Å². The van der Waals surface area contributed by atoms with Crippen LogP contribution in [0, 0.1) is 18.6 Å². The van der Waals surface area contributed by atoms with E-state index in [4.69, 9.17) is 9.47 Å². The average molecular weight is 503 g/mol. The van der Waals surface area contributed by atoms with Gasteiger partial charge in [0.15, 0.2) is 12.8 Å². The highest BCUT2D eigenvalue weighted by Gasteiger charge is 2.17. The number of ether oxygens (including phenoxy) is 2. The molecule has 3 rings (SSSR count). The van der Waals surface area contributed by atoms with Gasteiger partial charge >= 0.3 is 0 Å². The fourth-order valence-corrected chi connectivity index (χ4v) is 2.93. The summed E-state index contributed by atoms with van der Waals surface area (Å²) in [5.74, 6) is 0.578. The molecule has 0 saturated heterocycles. The highest BCUT2D eigenvalue weighted by Crippen LogP contribution is 2.29. The summed E-state index contributed by atoms with van der Waals surface area (Å²) in [6.07, 6.45) is 0. The number of aryl methyl sites for hydroxylation is 1. The van der Waals surface area contributed by atoms with Gasteiger partial charge < -0.3 is 20.1 Å². The van der Waals surface area contributed by atoms with Gasteiger partial charge in [0.25, 0.3) is 0 Å². The van der Waals surface area contributed by atoms with Crippen LogP contribution in [-0.4, -0.2) is 19.8 Å². The fraction of sp³-hybridized carbons (Fsp3) is 0.350. The number of guanidine groups is 1. The van der Waals surface area contributed by atoms with E-state index >= 15 is 0 Å². The minimum atomic E-state index is -0.342. The molecule has 0 saturated carbocycles. The fourth-order valence-electron chi connectivity index (χ4n) is 2.93. The number of nitrogens with zero attached hydrogens (tertiary/aromatic N) is 1. The van der Waals surface area contributed by atoms with Crippen molar-refractivity contribution < 1.29 is 18.3 Å². The van der Waals surface area contributed by atoms with Crippen molar-refractivity contribution in [1.29, 1.82) is 0 Å². The Morgan fingerprint density at radius 1 is 1.25 bits per heavy atom. The van der Waals surface area contributed by atoms with E-state index in [-0.39, 0.29) is 48.4 Å². The van der Waals surface area contributed by atoms with Crippen LogP contribution in [0.5, 0.6) is 5.75 Å². The molecule has 2 N–H and O–H groups in total. The minimum absolute atomic E-state index is 0. The molecule has 8 heteroatoms. The van der Waals surface area contributed by atoms with Gasteiger partial charge in [0.1, 0.15) is 17.4 Å². The lowest BCUT2D eigenvalue weighted by atomic mass is 10.1. The van der Waals surface area contributed by atoms with Crippen LogP contribution < -0.4 is 15.4 Å². The SMILES string of the molecule is CN=C(NCc1cc(F)cc2c1OCOC2)NC(C)c1ccc(C)c(F)c1.I. The lowest BCUT2D eigenvalue weighted by Crippen LogP contribution is -2.38. The summed E-state index contributed by atoms with van der Waals surface area (Å²) in [4.78, 5) is 4.18. The van der Waals surface area contributed by atoms with Crippen LogP contribution in [0.2, 0.25) is 0 Å². The van der Waals surface area contributed by atoms with E-state index in [9.17, 15) is 8.78 Å². The summed E-state index contributed by atoms with van der Waals surface area (Å²) in [5, 5.41) is 6.35. The molecule has 28 heavy (non-hydrogen) atoms. The second-order valence-corrected chi connectivity index (χ2v) is 6.46. The molecular formula is C20H24F2IN3O2. The second-order valence-electron chi connectivity index (χ2n) is 6.46. The zero-order chi connectivity index (χ0) is 19.4. The van der Waals surface area contributed by atoms with E-state index in [1.807, 2.05) is 13.0 Å². The van der Waals surface area contributed by atoms with Crippen molar-refractivity contribution in [3.63, 3.8) is 0 Å². The summed E-state index contributed by atoms with van der Waals surface area (Å²) in [6, 6.07) is 7.83. The Morgan fingerprint density at radius 2 is 2.04 bits per heavy atom. The summed E-state index contributed by atoms with van der Waals surface area (Å²) < 4.78 is 38.4. The number of rotatable bonds is 4. The summed E-state index contributed by atoms with van der Waals surface area (Å²) in [6.45, 7) is 4.44. The number of fused-ring (bicyclic) bond motifs is 1. The van der Waals surface area contributed by atoms with Crippen molar-refractivity contribution in [3.8, 4) is 5.75 Å². The maximum atomic E-state index is 13.8. The number of aliphatic imine (C=N–C) groups is 1. The molecule has 5 nitrogen and oxygen atoms in total. The van der Waals surface area contributed by atoms with E-state index in [1.54, 1.807) is 20.0 Å². The monoisotopic (exact) mass is 503 g/mol. The summed E-state index contributed by atoms with van der Waals surface area (Å²) >= 11 is 0. The smallest absolute Gasteiger partial charge is 0.191 e. The number of halogens is 3. The first kappa shape index (κ1) is 22.4. The van der Waals surface area contributed by atoms with Gasteiger partial charge in [-0.05, 0) is 43.2 Å². The van der Waals surface area contributed by atoms with Crippen LogP contribution >= 0.6 is 24.0 Å². The molecule has 0 amide bonds. The molecule has 1 atom stereocenters.